The van der Waals surface area contributed by atoms with Gasteiger partial charge in [0, 0.05) is 0 Å². The van der Waals surface area contributed by atoms with Gasteiger partial charge in [0.2, 0.25) is 0 Å². The molecular weight excluding hydrogens is 130 g/mol. The van der Waals surface area contributed by atoms with Crippen LogP contribution in [0.2, 0.25) is 0 Å². The van der Waals surface area contributed by atoms with E-state index in [1.54, 1.807) is 19.0 Å². The topological polar surface area (TPSA) is 40.5 Å². The molecule has 3 nitrogen and oxygen atoms in total. The van der Waals surface area contributed by atoms with Gasteiger partial charge in [-0.1, -0.05) is 0 Å². The molecule has 0 amide bonds. The zero-order valence-electron chi connectivity index (χ0n) is 6.66. The molecule has 0 heterocycles. The van der Waals surface area contributed by atoms with Crippen molar-refractivity contribution in [3.05, 3.63) is 6.92 Å². The van der Waals surface area contributed by atoms with Crippen LogP contribution in [0.1, 0.15) is 6.92 Å². The van der Waals surface area contributed by atoms with Crippen molar-refractivity contribution in [2.24, 2.45) is 0 Å². The molecule has 0 aliphatic rings. The van der Waals surface area contributed by atoms with Crippen LogP contribution < -0.4 is 0 Å². The van der Waals surface area contributed by atoms with Gasteiger partial charge in [-0.05, 0) is 27.9 Å². The van der Waals surface area contributed by atoms with E-state index in [4.69, 9.17) is 0 Å². The largest absolute Gasteiger partial charge is 0.388 e. The van der Waals surface area contributed by atoms with Crippen molar-refractivity contribution in [3.8, 4) is 0 Å². The van der Waals surface area contributed by atoms with Gasteiger partial charge in [-0.25, -0.2) is 0 Å². The van der Waals surface area contributed by atoms with Gasteiger partial charge in [0.15, 0.2) is 0 Å². The van der Waals surface area contributed by atoms with Crippen LogP contribution in [-0.2, 0) is 4.79 Å². The van der Waals surface area contributed by atoms with Crippen LogP contribution in [0.4, 0.5) is 0 Å². The zero-order chi connectivity index (χ0) is 8.36. The van der Waals surface area contributed by atoms with Gasteiger partial charge in [-0.3, -0.25) is 4.90 Å². The Kier molecular flexibility index (Phi) is 2.99. The second-order valence-corrected chi connectivity index (χ2v) is 2.90. The maximum Gasteiger partial charge on any atom is 0.140 e. The monoisotopic (exact) mass is 144 g/mol. The first-order valence-electron chi connectivity index (χ1n) is 3.09. The lowest BCUT2D eigenvalue weighted by Crippen LogP contribution is -2.47. The number of carbonyl (C=O) groups is 1. The van der Waals surface area contributed by atoms with Gasteiger partial charge in [0.05, 0.1) is 11.6 Å². The molecule has 3 heteroatoms. The van der Waals surface area contributed by atoms with Crippen molar-refractivity contribution in [2.75, 3.05) is 14.1 Å². The number of aliphatic hydroxyl groups is 1. The van der Waals surface area contributed by atoms with Gasteiger partial charge in [-0.2, -0.15) is 0 Å². The first-order valence-corrected chi connectivity index (χ1v) is 3.09. The van der Waals surface area contributed by atoms with E-state index in [2.05, 4.69) is 6.92 Å². The fraction of sp³-hybridized carbons (Fsp3) is 0.714. The first kappa shape index (κ1) is 9.59. The molecule has 0 saturated carbocycles. The fourth-order valence-corrected chi connectivity index (χ4v) is 0.825. The number of nitrogens with zero attached hydrogens (tertiary/aromatic N) is 1. The minimum absolute atomic E-state index is 0.535. The van der Waals surface area contributed by atoms with Crippen LogP contribution >= 0.6 is 0 Å². The molecule has 0 saturated heterocycles. The summed E-state index contributed by atoms with van der Waals surface area (Å²) in [5, 5.41) is 9.26. The molecule has 0 unspecified atom stereocenters. The summed E-state index contributed by atoms with van der Waals surface area (Å²) in [7, 11) is 3.44. The van der Waals surface area contributed by atoms with Crippen molar-refractivity contribution >= 4 is 6.29 Å². The Morgan fingerprint density at radius 3 is 2.10 bits per heavy atom. The Morgan fingerprint density at radius 2 is 2.10 bits per heavy atom. The van der Waals surface area contributed by atoms with Crippen LogP contribution in [0.3, 0.4) is 0 Å². The molecule has 10 heavy (non-hydrogen) atoms. The Balaban J connectivity index is 4.21. The lowest BCUT2D eigenvalue weighted by molar-refractivity contribution is -0.117. The molecule has 0 rings (SSSR count). The molecule has 0 aromatic rings. The highest BCUT2D eigenvalue weighted by Gasteiger charge is 2.27. The Labute approximate surface area is 61.6 Å². The van der Waals surface area contributed by atoms with Gasteiger partial charge < -0.3 is 9.90 Å². The van der Waals surface area contributed by atoms with Crippen molar-refractivity contribution in [1.29, 1.82) is 0 Å². The van der Waals surface area contributed by atoms with E-state index in [9.17, 15) is 9.90 Å². The van der Waals surface area contributed by atoms with E-state index in [-0.39, 0.29) is 0 Å². The third-order valence-corrected chi connectivity index (χ3v) is 1.32. The predicted molar refractivity (Wildman–Crippen MR) is 39.5 cm³/mol. The van der Waals surface area contributed by atoms with Crippen LogP contribution in [0.15, 0.2) is 0 Å². The average molecular weight is 144 g/mol. The molecule has 0 aliphatic heterocycles. The highest BCUT2D eigenvalue weighted by Crippen LogP contribution is 2.09. The van der Waals surface area contributed by atoms with Crippen LogP contribution in [0.5, 0.6) is 0 Å². The third kappa shape index (κ3) is 2.45. The molecule has 0 bridgehead atoms. The summed E-state index contributed by atoms with van der Waals surface area (Å²) in [6, 6.07) is -0.535. The number of aldehydes is 1. The number of hydrogen-bond acceptors (Lipinski definition) is 3. The second-order valence-electron chi connectivity index (χ2n) is 2.90. The summed E-state index contributed by atoms with van der Waals surface area (Å²) in [5.41, 5.74) is -1.20. The van der Waals surface area contributed by atoms with Gasteiger partial charge in [-0.15, -0.1) is 0 Å². The second kappa shape index (κ2) is 3.12. The first-order chi connectivity index (χ1) is 4.39. The number of rotatable bonds is 3. The normalized spacial score (nSPS) is 15.4. The minimum Gasteiger partial charge on any atom is -0.388 e. The summed E-state index contributed by atoms with van der Waals surface area (Å²) in [6.07, 6.45) is 0.688. The molecule has 2 atom stereocenters. The zero-order valence-corrected chi connectivity index (χ0v) is 6.66. The predicted octanol–water partition coefficient (Wildman–Crippen LogP) is -0.299. The standard InChI is InChI=1S/C7H14NO2/c1-7(2,10)6(5-9)8(3)4/h5-6,10H,1H2,2-4H3/t6-,7+/m1/s1. The van der Waals surface area contributed by atoms with E-state index >= 15 is 0 Å². The maximum absolute atomic E-state index is 10.4. The number of hydrogen-bond donors (Lipinski definition) is 1. The molecule has 0 aromatic heterocycles. The van der Waals surface area contributed by atoms with Gasteiger partial charge in [0.1, 0.15) is 6.29 Å². The summed E-state index contributed by atoms with van der Waals surface area (Å²) in [5.74, 6) is 0. The van der Waals surface area contributed by atoms with Crippen LogP contribution in [0.25, 0.3) is 0 Å². The smallest absolute Gasteiger partial charge is 0.140 e. The van der Waals surface area contributed by atoms with Crippen molar-refractivity contribution < 1.29 is 9.90 Å². The summed E-state index contributed by atoms with van der Waals surface area (Å²) >= 11 is 0. The molecular formula is C7H14NO2. The lowest BCUT2D eigenvalue weighted by Gasteiger charge is -2.29. The fourth-order valence-electron chi connectivity index (χ4n) is 0.825. The molecule has 1 N–H and O–H groups in total. The highest BCUT2D eigenvalue weighted by atomic mass is 16.3. The molecule has 0 aliphatic carbocycles. The van der Waals surface area contributed by atoms with Crippen molar-refractivity contribution in [1.82, 2.24) is 4.90 Å². The molecule has 0 spiro atoms. The molecule has 0 fully saturated rings. The third-order valence-electron chi connectivity index (χ3n) is 1.32. The average Bonchev–Trinajstić information content (AvgIpc) is 1.60. The lowest BCUT2D eigenvalue weighted by atomic mass is 10.00. The minimum atomic E-state index is -1.20. The number of likely N-dealkylation sites (N-methyl/N-ethyl adjacent to an activating group) is 1. The van der Waals surface area contributed by atoms with Crippen molar-refractivity contribution in [2.45, 2.75) is 18.6 Å². The summed E-state index contributed by atoms with van der Waals surface area (Å²) in [4.78, 5) is 12.0. The quantitative estimate of drug-likeness (QED) is 0.553. The SMILES string of the molecule is [CH2][C@@](C)(O)[C@@H](C=O)N(C)C. The molecule has 1 radical (unpaired) electrons. The van der Waals surface area contributed by atoms with Crippen LogP contribution in [-0.4, -0.2) is 42.0 Å². The highest BCUT2D eigenvalue weighted by molar-refractivity contribution is 5.60. The Bertz CT molecular complexity index is 115. The summed E-state index contributed by atoms with van der Waals surface area (Å²) in [6.45, 7) is 4.95. The van der Waals surface area contributed by atoms with Gasteiger partial charge >= 0.3 is 0 Å². The van der Waals surface area contributed by atoms with Crippen molar-refractivity contribution in [3.63, 3.8) is 0 Å². The van der Waals surface area contributed by atoms with E-state index in [1.165, 1.54) is 6.92 Å². The van der Waals surface area contributed by atoms with Crippen LogP contribution in [0, 0.1) is 6.92 Å². The van der Waals surface area contributed by atoms with E-state index in [1.807, 2.05) is 0 Å². The molecule has 0 aromatic carbocycles. The Morgan fingerprint density at radius 1 is 1.70 bits per heavy atom. The van der Waals surface area contributed by atoms with E-state index in [0.29, 0.717) is 6.29 Å². The van der Waals surface area contributed by atoms with E-state index < -0.39 is 11.6 Å². The molecule has 59 valence electrons. The number of carbonyl (C=O) groups excluding carboxylic acids is 1. The maximum atomic E-state index is 10.4. The Hall–Kier alpha value is -0.410. The van der Waals surface area contributed by atoms with Gasteiger partial charge in [0.25, 0.3) is 0 Å². The summed E-state index contributed by atoms with van der Waals surface area (Å²) < 4.78 is 0. The van der Waals surface area contributed by atoms with E-state index in [0.717, 1.165) is 0 Å².